The van der Waals surface area contributed by atoms with Gasteiger partial charge in [-0.25, -0.2) is 4.98 Å². The fraction of sp³-hybridized carbons (Fsp3) is 0.429. The summed E-state index contributed by atoms with van der Waals surface area (Å²) in [5, 5.41) is 0. The highest BCUT2D eigenvalue weighted by molar-refractivity contribution is 6.01. The van der Waals surface area contributed by atoms with Gasteiger partial charge in [0.05, 0.1) is 12.8 Å². The van der Waals surface area contributed by atoms with Crippen LogP contribution in [-0.4, -0.2) is 31.1 Å². The lowest BCUT2D eigenvalue weighted by molar-refractivity contribution is 0.0998. The summed E-state index contributed by atoms with van der Waals surface area (Å²) in [6.45, 7) is 11.5. The molecule has 0 aliphatic heterocycles. The summed E-state index contributed by atoms with van der Waals surface area (Å²) in [5.74, 6) is 1.10. The highest BCUT2D eigenvalue weighted by atomic mass is 16.5. The first kappa shape index (κ1) is 20.6. The van der Waals surface area contributed by atoms with Gasteiger partial charge >= 0.3 is 0 Å². The van der Waals surface area contributed by atoms with E-state index in [0.717, 1.165) is 47.8 Å². The predicted octanol–water partition coefficient (Wildman–Crippen LogP) is 4.14. The molecule has 6 nitrogen and oxygen atoms in total. The highest BCUT2D eigenvalue weighted by Gasteiger charge is 2.23. The minimum absolute atomic E-state index is 0.239. The van der Waals surface area contributed by atoms with Crippen LogP contribution in [0.25, 0.3) is 0 Å². The number of carbonyl (C=O) groups is 1. The molecule has 0 aliphatic carbocycles. The first-order chi connectivity index (χ1) is 12.8. The Labute approximate surface area is 161 Å². The Morgan fingerprint density at radius 3 is 2.26 bits per heavy atom. The van der Waals surface area contributed by atoms with Crippen LogP contribution in [0.4, 0.5) is 5.69 Å². The molecule has 1 heterocycles. The summed E-state index contributed by atoms with van der Waals surface area (Å²) in [4.78, 5) is 18.9. The molecule has 0 fully saturated rings. The molecule has 2 aromatic rings. The van der Waals surface area contributed by atoms with Crippen molar-refractivity contribution >= 4 is 11.6 Å². The molecule has 0 unspecified atom stereocenters. The van der Waals surface area contributed by atoms with Crippen LogP contribution in [0.2, 0.25) is 0 Å². The second-order valence-corrected chi connectivity index (χ2v) is 6.60. The molecule has 0 atom stereocenters. The van der Waals surface area contributed by atoms with Crippen molar-refractivity contribution in [3.8, 4) is 17.4 Å². The Hall–Kier alpha value is -2.76. The molecule has 0 radical (unpaired) electrons. The Kier molecular flexibility index (Phi) is 6.66. The van der Waals surface area contributed by atoms with Crippen molar-refractivity contribution in [1.82, 2.24) is 4.98 Å². The number of nitrogens with two attached hydrogens (primary N) is 1. The molecule has 0 saturated heterocycles. The van der Waals surface area contributed by atoms with E-state index in [9.17, 15) is 4.79 Å². The monoisotopic (exact) mass is 371 g/mol. The SMILES string of the molecule is CCCN(CC)c1cc(C)nc(Oc2c(C)cc(OC)cc2C)c1C(N)=O. The maximum Gasteiger partial charge on any atom is 0.256 e. The van der Waals surface area contributed by atoms with E-state index in [1.165, 1.54) is 0 Å². The molecular weight excluding hydrogens is 342 g/mol. The number of rotatable bonds is 8. The Morgan fingerprint density at radius 2 is 1.78 bits per heavy atom. The van der Waals surface area contributed by atoms with E-state index in [1.54, 1.807) is 7.11 Å². The third-order valence-electron chi connectivity index (χ3n) is 4.42. The van der Waals surface area contributed by atoms with E-state index in [-0.39, 0.29) is 5.88 Å². The van der Waals surface area contributed by atoms with Gasteiger partial charge < -0.3 is 20.1 Å². The number of hydrogen-bond acceptors (Lipinski definition) is 5. The zero-order chi connectivity index (χ0) is 20.1. The second kappa shape index (κ2) is 8.75. The normalized spacial score (nSPS) is 10.6. The van der Waals surface area contributed by atoms with E-state index < -0.39 is 5.91 Å². The summed E-state index contributed by atoms with van der Waals surface area (Å²) in [7, 11) is 1.63. The number of primary amides is 1. The van der Waals surface area contributed by atoms with Crippen LogP contribution in [0, 0.1) is 20.8 Å². The lowest BCUT2D eigenvalue weighted by atomic mass is 10.1. The van der Waals surface area contributed by atoms with Crippen LogP contribution in [0.15, 0.2) is 18.2 Å². The number of amides is 1. The molecule has 1 amide bonds. The number of hydrogen-bond donors (Lipinski definition) is 1. The quantitative estimate of drug-likeness (QED) is 0.754. The van der Waals surface area contributed by atoms with Crippen molar-refractivity contribution in [3.05, 3.63) is 40.6 Å². The van der Waals surface area contributed by atoms with Gasteiger partial charge in [0.15, 0.2) is 0 Å². The fourth-order valence-corrected chi connectivity index (χ4v) is 3.19. The molecule has 2 rings (SSSR count). The summed E-state index contributed by atoms with van der Waals surface area (Å²) < 4.78 is 11.4. The molecule has 0 spiro atoms. The number of benzene rings is 1. The average Bonchev–Trinajstić information content (AvgIpc) is 2.61. The Morgan fingerprint density at radius 1 is 1.15 bits per heavy atom. The average molecular weight is 371 g/mol. The van der Waals surface area contributed by atoms with Crippen molar-refractivity contribution < 1.29 is 14.3 Å². The van der Waals surface area contributed by atoms with Gasteiger partial charge in [-0.1, -0.05) is 6.92 Å². The predicted molar refractivity (Wildman–Crippen MR) is 108 cm³/mol. The Bertz CT molecular complexity index is 811. The first-order valence-corrected chi connectivity index (χ1v) is 9.21. The molecule has 27 heavy (non-hydrogen) atoms. The van der Waals surface area contributed by atoms with Crippen LogP contribution in [0.3, 0.4) is 0 Å². The maximum absolute atomic E-state index is 12.3. The van der Waals surface area contributed by atoms with Crippen LogP contribution < -0.4 is 20.1 Å². The molecule has 0 saturated carbocycles. The lowest BCUT2D eigenvalue weighted by Gasteiger charge is -2.26. The minimum atomic E-state index is -0.550. The highest BCUT2D eigenvalue weighted by Crippen LogP contribution is 2.36. The van der Waals surface area contributed by atoms with E-state index in [2.05, 4.69) is 23.7 Å². The third-order valence-corrected chi connectivity index (χ3v) is 4.42. The molecule has 1 aromatic heterocycles. The van der Waals surface area contributed by atoms with Gasteiger partial charge in [-0.3, -0.25) is 4.79 Å². The van der Waals surface area contributed by atoms with Crippen molar-refractivity contribution in [2.45, 2.75) is 41.0 Å². The van der Waals surface area contributed by atoms with Gasteiger partial charge in [-0.05, 0) is 63.4 Å². The van der Waals surface area contributed by atoms with Gasteiger partial charge in [0.25, 0.3) is 5.91 Å². The number of pyridine rings is 1. The van der Waals surface area contributed by atoms with Gasteiger partial charge in [0, 0.05) is 18.8 Å². The zero-order valence-electron chi connectivity index (χ0n) is 17.0. The number of ether oxygens (including phenoxy) is 2. The van der Waals surface area contributed by atoms with Crippen molar-refractivity contribution in [2.75, 3.05) is 25.1 Å². The van der Waals surface area contributed by atoms with E-state index >= 15 is 0 Å². The van der Waals surface area contributed by atoms with Gasteiger partial charge in [-0.15, -0.1) is 0 Å². The fourth-order valence-electron chi connectivity index (χ4n) is 3.19. The third kappa shape index (κ3) is 4.51. The molecule has 1 aromatic carbocycles. The molecule has 2 N–H and O–H groups in total. The van der Waals surface area contributed by atoms with Crippen molar-refractivity contribution in [1.29, 1.82) is 0 Å². The first-order valence-electron chi connectivity index (χ1n) is 9.21. The van der Waals surface area contributed by atoms with E-state index in [1.807, 2.05) is 39.0 Å². The van der Waals surface area contributed by atoms with Gasteiger partial charge in [0.2, 0.25) is 5.88 Å². The molecular formula is C21H29N3O3. The van der Waals surface area contributed by atoms with E-state index in [0.29, 0.717) is 11.3 Å². The lowest BCUT2D eigenvalue weighted by Crippen LogP contribution is -2.28. The Balaban J connectivity index is 2.60. The summed E-state index contributed by atoms with van der Waals surface area (Å²) in [5.41, 5.74) is 9.36. The number of methoxy groups -OCH3 is 1. The maximum atomic E-state index is 12.3. The van der Waals surface area contributed by atoms with Crippen LogP contribution in [0.5, 0.6) is 17.4 Å². The molecule has 6 heteroatoms. The number of carbonyl (C=O) groups excluding carboxylic acids is 1. The minimum Gasteiger partial charge on any atom is -0.497 e. The van der Waals surface area contributed by atoms with Gasteiger partial charge in [-0.2, -0.15) is 0 Å². The number of aromatic nitrogens is 1. The van der Waals surface area contributed by atoms with Crippen molar-refractivity contribution in [2.24, 2.45) is 5.73 Å². The van der Waals surface area contributed by atoms with Crippen molar-refractivity contribution in [3.63, 3.8) is 0 Å². The van der Waals surface area contributed by atoms with Crippen LogP contribution >= 0.6 is 0 Å². The number of nitrogens with zero attached hydrogens (tertiary/aromatic N) is 2. The van der Waals surface area contributed by atoms with Crippen LogP contribution in [-0.2, 0) is 0 Å². The second-order valence-electron chi connectivity index (χ2n) is 6.60. The largest absolute Gasteiger partial charge is 0.497 e. The van der Waals surface area contributed by atoms with E-state index in [4.69, 9.17) is 15.2 Å². The van der Waals surface area contributed by atoms with Gasteiger partial charge in [0.1, 0.15) is 17.1 Å². The summed E-state index contributed by atoms with van der Waals surface area (Å²) in [6, 6.07) is 5.66. The smallest absolute Gasteiger partial charge is 0.256 e. The summed E-state index contributed by atoms with van der Waals surface area (Å²) >= 11 is 0. The topological polar surface area (TPSA) is 77.7 Å². The standard InChI is InChI=1S/C21H29N3O3/c1-7-9-24(8-2)17-12-15(5)23-21(18(17)20(22)25)27-19-13(3)10-16(26-6)11-14(19)4/h10-12H,7-9H2,1-6H3,(H2,22,25). The number of aryl methyl sites for hydroxylation is 3. The molecule has 146 valence electrons. The number of anilines is 1. The molecule has 0 aliphatic rings. The van der Waals surface area contributed by atoms with Crippen LogP contribution in [0.1, 0.15) is 47.4 Å². The molecule has 0 bridgehead atoms. The zero-order valence-corrected chi connectivity index (χ0v) is 17.0. The summed E-state index contributed by atoms with van der Waals surface area (Å²) in [6.07, 6.45) is 0.959.